The minimum atomic E-state index is -2.51. The monoisotopic (exact) mass is 486 g/mol. The number of hydrogen-bond donors (Lipinski definition) is 0. The van der Waals surface area contributed by atoms with Crippen LogP contribution in [0.2, 0.25) is 36.3 Å². The Morgan fingerprint density at radius 2 is 1.53 bits per heavy atom. The zero-order valence-corrected chi connectivity index (χ0v) is 23.7. The number of esters is 1. The summed E-state index contributed by atoms with van der Waals surface area (Å²) in [6, 6.07) is 0. The van der Waals surface area contributed by atoms with Crippen LogP contribution in [0.5, 0.6) is 0 Å². The summed E-state index contributed by atoms with van der Waals surface area (Å²) < 4.78 is 23.3. The summed E-state index contributed by atoms with van der Waals surface area (Å²) in [5, 5.41) is -0.282. The van der Waals surface area contributed by atoms with Crippen LogP contribution in [0.1, 0.15) is 41.5 Å². The lowest BCUT2D eigenvalue weighted by molar-refractivity contribution is -0.143. The van der Waals surface area contributed by atoms with Crippen LogP contribution in [-0.2, 0) is 27.9 Å². The van der Waals surface area contributed by atoms with Gasteiger partial charge in [-0.3, -0.25) is 4.79 Å². The molecule has 0 N–H and O–H groups in total. The number of hydrogen-bond acceptors (Lipinski definition) is 6. The van der Waals surface area contributed by atoms with E-state index in [1.807, 2.05) is 33.9 Å². The van der Waals surface area contributed by atoms with E-state index in [1.54, 1.807) is 6.08 Å². The van der Waals surface area contributed by atoms with E-state index in [-0.39, 0.29) is 23.3 Å². The SMILES string of the molecule is C=CCO[C@H](CO[Si](C)(C)C(C)(C)C)[C@@H](O[Si](C)(C)C(C)(C)C)C(=O)C(=[N+]=[N-])C(=O)OC. The molecule has 0 bridgehead atoms. The fraction of sp³-hybridized carbons (Fsp3) is 0.773. The van der Waals surface area contributed by atoms with Crippen molar-refractivity contribution in [3.05, 3.63) is 18.2 Å². The smallest absolute Gasteiger partial charge is 0.444 e. The summed E-state index contributed by atoms with van der Waals surface area (Å²) in [4.78, 5) is 28.3. The summed E-state index contributed by atoms with van der Waals surface area (Å²) in [6.45, 7) is 24.5. The molecule has 0 heterocycles. The number of ether oxygens (including phenoxy) is 2. The molecule has 0 aromatic rings. The van der Waals surface area contributed by atoms with Gasteiger partial charge in [-0.25, -0.2) is 4.79 Å². The lowest BCUT2D eigenvalue weighted by Crippen LogP contribution is -2.55. The third-order valence-corrected chi connectivity index (χ3v) is 15.3. The van der Waals surface area contributed by atoms with E-state index in [4.69, 9.17) is 13.6 Å². The zero-order valence-electron chi connectivity index (χ0n) is 21.7. The number of ketones is 1. The lowest BCUT2D eigenvalue weighted by Gasteiger charge is -2.41. The predicted octanol–water partition coefficient (Wildman–Crippen LogP) is 4.38. The first-order valence-corrected chi connectivity index (χ1v) is 16.6. The Morgan fingerprint density at radius 1 is 1.03 bits per heavy atom. The van der Waals surface area contributed by atoms with Crippen molar-refractivity contribution in [3.8, 4) is 0 Å². The second-order valence-electron chi connectivity index (χ2n) is 10.8. The van der Waals surface area contributed by atoms with Crippen molar-refractivity contribution in [2.45, 2.75) is 90.0 Å². The Morgan fingerprint density at radius 3 is 1.91 bits per heavy atom. The van der Waals surface area contributed by atoms with E-state index in [2.05, 4.69) is 50.0 Å². The maximum absolute atomic E-state index is 13.4. The van der Waals surface area contributed by atoms with E-state index >= 15 is 0 Å². The highest BCUT2D eigenvalue weighted by atomic mass is 28.4. The molecule has 0 unspecified atom stereocenters. The highest BCUT2D eigenvalue weighted by Gasteiger charge is 2.48. The van der Waals surface area contributed by atoms with Crippen molar-refractivity contribution >= 4 is 34.1 Å². The summed E-state index contributed by atoms with van der Waals surface area (Å²) in [5.41, 5.74) is 8.63. The van der Waals surface area contributed by atoms with Crippen LogP contribution in [0.3, 0.4) is 0 Å². The predicted molar refractivity (Wildman–Crippen MR) is 131 cm³/mol. The number of rotatable bonds is 12. The third-order valence-electron chi connectivity index (χ3n) is 6.38. The van der Waals surface area contributed by atoms with Gasteiger partial charge in [0, 0.05) is 0 Å². The molecule has 32 heavy (non-hydrogen) atoms. The van der Waals surface area contributed by atoms with Crippen LogP contribution in [0, 0.1) is 0 Å². The number of methoxy groups -OCH3 is 1. The first-order valence-electron chi connectivity index (χ1n) is 10.7. The van der Waals surface area contributed by atoms with Gasteiger partial charge < -0.3 is 23.9 Å². The lowest BCUT2D eigenvalue weighted by atomic mass is 10.1. The molecule has 2 atom stereocenters. The van der Waals surface area contributed by atoms with Crippen LogP contribution in [0.4, 0.5) is 0 Å². The summed E-state index contributed by atoms with van der Waals surface area (Å²) in [5.74, 6) is -1.86. The first kappa shape index (κ1) is 30.6. The minimum Gasteiger partial charge on any atom is -0.460 e. The highest BCUT2D eigenvalue weighted by molar-refractivity contribution is 6.75. The van der Waals surface area contributed by atoms with Gasteiger partial charge in [-0.1, -0.05) is 47.6 Å². The second kappa shape index (κ2) is 11.6. The average molecular weight is 487 g/mol. The maximum Gasteiger partial charge on any atom is 0.444 e. The standard InChI is InChI=1S/C22H42N2O6Si2/c1-13-14-28-16(15-29-31(9,10)21(2,3)4)19(30-32(11,12)22(5,6)7)18(25)17(24-23)20(26)27-8/h13,16,19H,1,14-15H2,2-12H3/t16-,19-/m1/s1. The number of Topliss-reactive ketones (excluding diaryl/α,β-unsaturated/α-hetero) is 1. The van der Waals surface area contributed by atoms with Gasteiger partial charge in [0.25, 0.3) is 5.78 Å². The fourth-order valence-corrected chi connectivity index (χ4v) is 4.40. The molecule has 0 aromatic heterocycles. The molecule has 0 aliphatic carbocycles. The average Bonchev–Trinajstić information content (AvgIpc) is 2.65. The molecule has 0 saturated heterocycles. The van der Waals surface area contributed by atoms with Crippen molar-refractivity contribution in [2.75, 3.05) is 20.3 Å². The molecule has 8 nitrogen and oxygen atoms in total. The van der Waals surface area contributed by atoms with Crippen LogP contribution in [-0.4, -0.2) is 71.4 Å². The molecule has 0 rings (SSSR count). The Hall–Kier alpha value is -1.43. The van der Waals surface area contributed by atoms with Crippen molar-refractivity contribution < 1.29 is 32.7 Å². The Bertz CT molecular complexity index is 732. The quantitative estimate of drug-likeness (QED) is 0.0770. The van der Waals surface area contributed by atoms with E-state index in [0.717, 1.165) is 7.11 Å². The molecule has 0 amide bonds. The van der Waals surface area contributed by atoms with Crippen LogP contribution in [0.25, 0.3) is 5.53 Å². The number of carbonyl (C=O) groups excluding carboxylic acids is 2. The molecule has 0 aliphatic heterocycles. The van der Waals surface area contributed by atoms with Gasteiger partial charge in [-0.15, -0.1) is 6.58 Å². The van der Waals surface area contributed by atoms with Crippen molar-refractivity contribution in [3.63, 3.8) is 0 Å². The van der Waals surface area contributed by atoms with Crippen molar-refractivity contribution in [1.29, 1.82) is 0 Å². The second-order valence-corrected chi connectivity index (χ2v) is 20.4. The summed E-state index contributed by atoms with van der Waals surface area (Å²) in [6.07, 6.45) is -0.495. The van der Waals surface area contributed by atoms with Crippen molar-refractivity contribution in [2.24, 2.45) is 0 Å². The highest BCUT2D eigenvalue weighted by Crippen LogP contribution is 2.39. The van der Waals surface area contributed by atoms with Crippen LogP contribution < -0.4 is 0 Å². The Balaban J connectivity index is 6.34. The van der Waals surface area contributed by atoms with E-state index in [9.17, 15) is 15.1 Å². The molecule has 184 valence electrons. The largest absolute Gasteiger partial charge is 0.460 e. The van der Waals surface area contributed by atoms with Gasteiger partial charge in [0.1, 0.15) is 12.2 Å². The molecular formula is C22H42N2O6Si2. The molecule has 0 spiro atoms. The van der Waals surface area contributed by atoms with Crippen LogP contribution >= 0.6 is 0 Å². The van der Waals surface area contributed by atoms with E-state index in [0.29, 0.717) is 0 Å². The van der Waals surface area contributed by atoms with Gasteiger partial charge in [0.05, 0.1) is 20.3 Å². The molecule has 0 fully saturated rings. The third kappa shape index (κ3) is 8.17. The Labute approximate surface area is 195 Å². The molecule has 0 saturated carbocycles. The van der Waals surface area contributed by atoms with E-state index < -0.39 is 46.3 Å². The maximum atomic E-state index is 13.4. The van der Waals surface area contributed by atoms with E-state index in [1.165, 1.54) is 0 Å². The normalized spacial score (nSPS) is 14.8. The molecule has 0 radical (unpaired) electrons. The number of nitrogens with zero attached hydrogens (tertiary/aromatic N) is 2. The first-order chi connectivity index (χ1) is 14.4. The minimum absolute atomic E-state index is 0.0560. The molecule has 10 heteroatoms. The van der Waals surface area contributed by atoms with Gasteiger partial charge in [-0.2, -0.15) is 4.79 Å². The fourth-order valence-electron chi connectivity index (χ4n) is 2.14. The Kier molecular flexibility index (Phi) is 11.1. The van der Waals surface area contributed by atoms with Crippen molar-refractivity contribution in [1.82, 2.24) is 0 Å². The van der Waals surface area contributed by atoms with Gasteiger partial charge in [-0.05, 0) is 36.3 Å². The summed E-state index contributed by atoms with van der Waals surface area (Å²) >= 11 is 0. The molecule has 0 aliphatic rings. The zero-order chi connectivity index (χ0) is 25.5. The van der Waals surface area contributed by atoms with Crippen LogP contribution in [0.15, 0.2) is 12.7 Å². The van der Waals surface area contributed by atoms with Gasteiger partial charge >= 0.3 is 11.7 Å². The summed E-state index contributed by atoms with van der Waals surface area (Å²) in [7, 11) is -3.58. The molecular weight excluding hydrogens is 444 g/mol. The molecule has 0 aromatic carbocycles. The topological polar surface area (TPSA) is 107 Å². The van der Waals surface area contributed by atoms with Gasteiger partial charge in [0.2, 0.25) is 0 Å². The number of carbonyl (C=O) groups is 2. The van der Waals surface area contributed by atoms with Gasteiger partial charge in [0.15, 0.2) is 16.6 Å².